The maximum absolute atomic E-state index is 12.6. The topological polar surface area (TPSA) is 57.7 Å². The number of carbonyl (C=O) groups excluding carboxylic acids is 1. The average molecular weight is 317 g/mol. The van der Waals surface area contributed by atoms with Gasteiger partial charge in [-0.15, -0.1) is 0 Å². The standard InChI is InChI=1S/C13H17ClN2O3S/c1-9-4-5-11(8-12(9)14)20(18,19)16-7-6-15(3)13(17)10(16)2/h4-5,8,10H,6-7H2,1-3H3. The van der Waals surface area contributed by atoms with Crippen molar-refractivity contribution in [2.24, 2.45) is 0 Å². The number of nitrogens with zero attached hydrogens (tertiary/aromatic N) is 2. The highest BCUT2D eigenvalue weighted by Crippen LogP contribution is 2.25. The van der Waals surface area contributed by atoms with Gasteiger partial charge in [0.1, 0.15) is 6.04 Å². The van der Waals surface area contributed by atoms with E-state index in [2.05, 4.69) is 0 Å². The second-order valence-electron chi connectivity index (χ2n) is 4.96. The number of benzene rings is 1. The van der Waals surface area contributed by atoms with Gasteiger partial charge in [0, 0.05) is 25.2 Å². The normalized spacial score (nSPS) is 21.3. The lowest BCUT2D eigenvalue weighted by Crippen LogP contribution is -2.56. The number of likely N-dealkylation sites (N-methyl/N-ethyl adjacent to an activating group) is 1. The van der Waals surface area contributed by atoms with E-state index >= 15 is 0 Å². The molecule has 0 aliphatic carbocycles. The maximum Gasteiger partial charge on any atom is 0.243 e. The van der Waals surface area contributed by atoms with Gasteiger partial charge in [-0.2, -0.15) is 4.31 Å². The summed E-state index contributed by atoms with van der Waals surface area (Å²) in [6, 6.07) is 3.92. The Morgan fingerprint density at radius 2 is 1.95 bits per heavy atom. The van der Waals surface area contributed by atoms with E-state index in [1.165, 1.54) is 16.4 Å². The van der Waals surface area contributed by atoms with Crippen molar-refractivity contribution in [3.05, 3.63) is 28.8 Å². The first-order chi connectivity index (χ1) is 9.25. The van der Waals surface area contributed by atoms with Crippen LogP contribution in [0.4, 0.5) is 0 Å². The van der Waals surface area contributed by atoms with Crippen LogP contribution < -0.4 is 0 Å². The van der Waals surface area contributed by atoms with Crippen molar-refractivity contribution in [1.29, 1.82) is 0 Å². The molecule has 1 fully saturated rings. The number of carbonyl (C=O) groups is 1. The van der Waals surface area contributed by atoms with Crippen LogP contribution in [0.1, 0.15) is 12.5 Å². The molecule has 1 saturated heterocycles. The zero-order valence-electron chi connectivity index (χ0n) is 11.6. The molecule has 1 aromatic carbocycles. The van der Waals surface area contributed by atoms with E-state index in [1.807, 2.05) is 0 Å². The molecule has 1 amide bonds. The average Bonchev–Trinajstić information content (AvgIpc) is 2.38. The van der Waals surface area contributed by atoms with Crippen molar-refractivity contribution in [2.45, 2.75) is 24.8 Å². The number of aryl methyl sites for hydroxylation is 1. The lowest BCUT2D eigenvalue weighted by Gasteiger charge is -2.36. The van der Waals surface area contributed by atoms with Crippen LogP contribution in [0.3, 0.4) is 0 Å². The van der Waals surface area contributed by atoms with Crippen molar-refractivity contribution >= 4 is 27.5 Å². The summed E-state index contributed by atoms with van der Waals surface area (Å²) in [4.78, 5) is 13.6. The van der Waals surface area contributed by atoms with Gasteiger partial charge in [0.2, 0.25) is 15.9 Å². The number of hydrogen-bond acceptors (Lipinski definition) is 3. The van der Waals surface area contributed by atoms with Crippen LogP contribution in [0.2, 0.25) is 5.02 Å². The Kier molecular flexibility index (Phi) is 4.09. The molecule has 7 heteroatoms. The summed E-state index contributed by atoms with van der Waals surface area (Å²) in [5.74, 6) is -0.196. The van der Waals surface area contributed by atoms with Gasteiger partial charge in [-0.1, -0.05) is 17.7 Å². The van der Waals surface area contributed by atoms with E-state index in [0.29, 0.717) is 11.6 Å². The second kappa shape index (κ2) is 5.35. The Hall–Kier alpha value is -1.11. The first-order valence-corrected chi connectivity index (χ1v) is 8.10. The van der Waals surface area contributed by atoms with Gasteiger partial charge in [-0.25, -0.2) is 8.42 Å². The van der Waals surface area contributed by atoms with Crippen LogP contribution in [-0.4, -0.2) is 49.7 Å². The van der Waals surface area contributed by atoms with Crippen LogP contribution in [-0.2, 0) is 14.8 Å². The van der Waals surface area contributed by atoms with Crippen molar-refractivity contribution in [3.8, 4) is 0 Å². The quantitative estimate of drug-likeness (QED) is 0.831. The number of halogens is 1. The summed E-state index contributed by atoms with van der Waals surface area (Å²) in [7, 11) is -2.03. The SMILES string of the molecule is Cc1ccc(S(=O)(=O)N2CCN(C)C(=O)C2C)cc1Cl. The lowest BCUT2D eigenvalue weighted by molar-refractivity contribution is -0.136. The molecule has 0 bridgehead atoms. The largest absolute Gasteiger partial charge is 0.343 e. The van der Waals surface area contributed by atoms with E-state index < -0.39 is 16.1 Å². The molecular weight excluding hydrogens is 300 g/mol. The number of piperazine rings is 1. The van der Waals surface area contributed by atoms with E-state index in [0.717, 1.165) is 5.56 Å². The van der Waals surface area contributed by atoms with E-state index in [4.69, 9.17) is 11.6 Å². The van der Waals surface area contributed by atoms with Gasteiger partial charge in [0.15, 0.2) is 0 Å². The summed E-state index contributed by atoms with van der Waals surface area (Å²) in [5.41, 5.74) is 0.813. The molecule has 0 N–H and O–H groups in total. The minimum Gasteiger partial charge on any atom is -0.343 e. The number of rotatable bonds is 2. The highest BCUT2D eigenvalue weighted by molar-refractivity contribution is 7.89. The molecule has 0 radical (unpaired) electrons. The van der Waals surface area contributed by atoms with Gasteiger partial charge in [-0.3, -0.25) is 4.79 Å². The second-order valence-corrected chi connectivity index (χ2v) is 7.26. The fourth-order valence-corrected chi connectivity index (χ4v) is 4.04. The summed E-state index contributed by atoms with van der Waals surface area (Å²) in [6.45, 7) is 4.09. The molecule has 2 rings (SSSR count). The summed E-state index contributed by atoms with van der Waals surface area (Å²) >= 11 is 5.99. The molecule has 1 unspecified atom stereocenters. The number of hydrogen-bond donors (Lipinski definition) is 0. The summed E-state index contributed by atoms with van der Waals surface area (Å²) in [6.07, 6.45) is 0. The zero-order valence-corrected chi connectivity index (χ0v) is 13.2. The Balaban J connectivity index is 2.39. The predicted molar refractivity (Wildman–Crippen MR) is 77.2 cm³/mol. The lowest BCUT2D eigenvalue weighted by atomic mass is 10.2. The monoisotopic (exact) mass is 316 g/mol. The van der Waals surface area contributed by atoms with Gasteiger partial charge in [-0.05, 0) is 31.5 Å². The molecule has 1 aliphatic heterocycles. The van der Waals surface area contributed by atoms with Crippen LogP contribution >= 0.6 is 11.6 Å². The smallest absolute Gasteiger partial charge is 0.243 e. The van der Waals surface area contributed by atoms with E-state index in [-0.39, 0.29) is 17.3 Å². The highest BCUT2D eigenvalue weighted by atomic mass is 35.5. The Bertz CT molecular complexity index is 645. The molecule has 1 aliphatic rings. The Labute approximate surface area is 124 Å². The van der Waals surface area contributed by atoms with Crippen LogP contribution in [0.15, 0.2) is 23.1 Å². The third kappa shape index (κ3) is 2.55. The first kappa shape index (κ1) is 15.3. The van der Waals surface area contributed by atoms with E-state index in [9.17, 15) is 13.2 Å². The molecule has 0 spiro atoms. The highest BCUT2D eigenvalue weighted by Gasteiger charge is 2.37. The molecule has 110 valence electrons. The molecule has 1 atom stereocenters. The van der Waals surface area contributed by atoms with Crippen LogP contribution in [0.5, 0.6) is 0 Å². The van der Waals surface area contributed by atoms with Gasteiger partial charge in [0.05, 0.1) is 4.90 Å². The van der Waals surface area contributed by atoms with Crippen molar-refractivity contribution in [1.82, 2.24) is 9.21 Å². The molecule has 5 nitrogen and oxygen atoms in total. The maximum atomic E-state index is 12.6. The zero-order chi connectivity index (χ0) is 15.1. The Morgan fingerprint density at radius 3 is 2.55 bits per heavy atom. The first-order valence-electron chi connectivity index (χ1n) is 6.28. The van der Waals surface area contributed by atoms with Gasteiger partial charge >= 0.3 is 0 Å². The fourth-order valence-electron chi connectivity index (χ4n) is 2.19. The third-order valence-corrected chi connectivity index (χ3v) is 5.94. The predicted octanol–water partition coefficient (Wildman–Crippen LogP) is 1.50. The third-order valence-electron chi connectivity index (χ3n) is 3.57. The molecule has 0 aromatic heterocycles. The summed E-state index contributed by atoms with van der Waals surface area (Å²) < 4.78 is 26.5. The molecule has 1 heterocycles. The summed E-state index contributed by atoms with van der Waals surface area (Å²) in [5, 5.41) is 0.402. The van der Waals surface area contributed by atoms with E-state index in [1.54, 1.807) is 31.9 Å². The molecule has 20 heavy (non-hydrogen) atoms. The van der Waals surface area contributed by atoms with Crippen LogP contribution in [0, 0.1) is 6.92 Å². The Morgan fingerprint density at radius 1 is 1.30 bits per heavy atom. The van der Waals surface area contributed by atoms with Crippen LogP contribution in [0.25, 0.3) is 0 Å². The fraction of sp³-hybridized carbons (Fsp3) is 0.462. The van der Waals surface area contributed by atoms with Gasteiger partial charge in [0.25, 0.3) is 0 Å². The van der Waals surface area contributed by atoms with Crippen molar-refractivity contribution in [2.75, 3.05) is 20.1 Å². The van der Waals surface area contributed by atoms with Crippen molar-refractivity contribution < 1.29 is 13.2 Å². The van der Waals surface area contributed by atoms with Crippen molar-refractivity contribution in [3.63, 3.8) is 0 Å². The molecule has 0 saturated carbocycles. The number of sulfonamides is 1. The minimum absolute atomic E-state index is 0.123. The molecular formula is C13H17ClN2O3S. The number of amides is 1. The molecule has 1 aromatic rings. The van der Waals surface area contributed by atoms with Gasteiger partial charge < -0.3 is 4.90 Å². The minimum atomic E-state index is -3.71.